The summed E-state index contributed by atoms with van der Waals surface area (Å²) in [5.74, 6) is -0.312. The van der Waals surface area contributed by atoms with E-state index in [0.717, 1.165) is 10.0 Å². The normalized spacial score (nSPS) is 11.4. The molecule has 3 aromatic carbocycles. The summed E-state index contributed by atoms with van der Waals surface area (Å²) in [6, 6.07) is 24.8. The third kappa shape index (κ3) is 5.32. The highest BCUT2D eigenvalue weighted by molar-refractivity contribution is 9.10. The number of hydrogen-bond acceptors (Lipinski definition) is 3. The molecule has 0 radical (unpaired) electrons. The van der Waals surface area contributed by atoms with E-state index in [2.05, 4.69) is 15.9 Å². The van der Waals surface area contributed by atoms with Gasteiger partial charge in [-0.05, 0) is 42.0 Å². The lowest BCUT2D eigenvalue weighted by atomic mass is 10.2. The number of carbonyl (C=O) groups is 1. The summed E-state index contributed by atoms with van der Waals surface area (Å²) in [5, 5.41) is 0. The fourth-order valence-corrected chi connectivity index (χ4v) is 4.46. The number of sulfonamides is 1. The Morgan fingerprint density at radius 2 is 1.41 bits per heavy atom. The molecular weight excluding hydrogens is 452 g/mol. The van der Waals surface area contributed by atoms with Gasteiger partial charge in [0.05, 0.1) is 11.4 Å². The first-order valence-corrected chi connectivity index (χ1v) is 11.2. The Morgan fingerprint density at radius 1 is 0.862 bits per heavy atom. The number of benzene rings is 3. The zero-order valence-electron chi connectivity index (χ0n) is 15.9. The molecule has 0 saturated heterocycles. The fraction of sp³-hybridized carbons (Fsp3) is 0.136. The van der Waals surface area contributed by atoms with E-state index in [1.165, 1.54) is 21.3 Å². The molecule has 29 heavy (non-hydrogen) atoms. The van der Waals surface area contributed by atoms with Crippen LogP contribution in [0.2, 0.25) is 0 Å². The molecule has 0 atom stereocenters. The molecule has 0 fully saturated rings. The van der Waals surface area contributed by atoms with E-state index in [9.17, 15) is 13.2 Å². The largest absolute Gasteiger partial charge is 0.314 e. The number of anilines is 1. The zero-order chi connectivity index (χ0) is 20.9. The van der Waals surface area contributed by atoms with Gasteiger partial charge in [-0.25, -0.2) is 8.42 Å². The minimum atomic E-state index is -3.86. The van der Waals surface area contributed by atoms with Crippen molar-refractivity contribution in [3.8, 4) is 0 Å². The van der Waals surface area contributed by atoms with E-state index in [1.807, 2.05) is 60.7 Å². The van der Waals surface area contributed by atoms with Crippen molar-refractivity contribution >= 4 is 37.5 Å². The monoisotopic (exact) mass is 472 g/mol. The Labute approximate surface area is 179 Å². The topological polar surface area (TPSA) is 57.7 Å². The van der Waals surface area contributed by atoms with Crippen molar-refractivity contribution in [1.29, 1.82) is 0 Å². The van der Waals surface area contributed by atoms with Gasteiger partial charge in [0.1, 0.15) is 0 Å². The van der Waals surface area contributed by atoms with Crippen molar-refractivity contribution in [1.82, 2.24) is 4.31 Å². The van der Waals surface area contributed by atoms with Crippen molar-refractivity contribution in [3.63, 3.8) is 0 Å². The zero-order valence-corrected chi connectivity index (χ0v) is 18.3. The first-order valence-electron chi connectivity index (χ1n) is 8.99. The highest BCUT2D eigenvalue weighted by Crippen LogP contribution is 2.21. The Morgan fingerprint density at radius 3 is 2.00 bits per heavy atom. The number of carbonyl (C=O) groups excluding carboxylic acids is 1. The van der Waals surface area contributed by atoms with Crippen LogP contribution in [0.1, 0.15) is 5.56 Å². The summed E-state index contributed by atoms with van der Waals surface area (Å²) in [5.41, 5.74) is 1.52. The van der Waals surface area contributed by atoms with Gasteiger partial charge in [-0.1, -0.05) is 64.5 Å². The van der Waals surface area contributed by atoms with Crippen LogP contribution in [0.4, 0.5) is 5.69 Å². The number of hydrogen-bond donors (Lipinski definition) is 0. The van der Waals surface area contributed by atoms with E-state index in [0.29, 0.717) is 5.69 Å². The van der Waals surface area contributed by atoms with Crippen LogP contribution in [0.15, 0.2) is 94.3 Å². The second-order valence-corrected chi connectivity index (χ2v) is 9.35. The first-order chi connectivity index (χ1) is 13.9. The second kappa shape index (κ2) is 9.35. The molecule has 3 rings (SSSR count). The average Bonchev–Trinajstić information content (AvgIpc) is 2.74. The molecule has 0 aliphatic rings. The second-order valence-electron chi connectivity index (χ2n) is 6.50. The first kappa shape index (κ1) is 21.2. The minimum Gasteiger partial charge on any atom is -0.314 e. The Bertz CT molecular complexity index is 1060. The quantitative estimate of drug-likeness (QED) is 0.514. The van der Waals surface area contributed by atoms with Crippen molar-refractivity contribution in [2.45, 2.75) is 11.4 Å². The molecule has 7 heteroatoms. The summed E-state index contributed by atoms with van der Waals surface area (Å²) in [4.78, 5) is 14.5. The van der Waals surface area contributed by atoms with E-state index in [1.54, 1.807) is 19.2 Å². The molecule has 0 aliphatic heterocycles. The lowest BCUT2D eigenvalue weighted by Crippen LogP contribution is -2.41. The van der Waals surface area contributed by atoms with Gasteiger partial charge >= 0.3 is 0 Å². The molecule has 0 spiro atoms. The molecule has 0 aliphatic carbocycles. The van der Waals surface area contributed by atoms with Gasteiger partial charge in [-0.15, -0.1) is 0 Å². The molecule has 1 amide bonds. The maximum Gasteiger partial charge on any atom is 0.243 e. The van der Waals surface area contributed by atoms with Gasteiger partial charge in [-0.3, -0.25) is 4.79 Å². The maximum atomic E-state index is 13.3. The summed E-state index contributed by atoms with van der Waals surface area (Å²) < 4.78 is 28.6. The van der Waals surface area contributed by atoms with Crippen LogP contribution in [0.5, 0.6) is 0 Å². The number of amides is 1. The van der Waals surface area contributed by atoms with E-state index >= 15 is 0 Å². The predicted octanol–water partition coefficient (Wildman–Crippen LogP) is 4.30. The van der Waals surface area contributed by atoms with Crippen LogP contribution in [0.3, 0.4) is 0 Å². The Kier molecular flexibility index (Phi) is 6.84. The molecular formula is C22H21BrN2O3S. The van der Waals surface area contributed by atoms with E-state index in [4.69, 9.17) is 0 Å². The van der Waals surface area contributed by atoms with Crippen molar-refractivity contribution in [3.05, 3.63) is 95.0 Å². The van der Waals surface area contributed by atoms with Gasteiger partial charge in [0, 0.05) is 23.8 Å². The maximum absolute atomic E-state index is 13.3. The van der Waals surface area contributed by atoms with Crippen LogP contribution < -0.4 is 4.90 Å². The molecule has 0 saturated carbocycles. The van der Waals surface area contributed by atoms with Gasteiger partial charge in [0.25, 0.3) is 0 Å². The highest BCUT2D eigenvalue weighted by atomic mass is 79.9. The third-order valence-corrected chi connectivity index (χ3v) is 6.82. The van der Waals surface area contributed by atoms with Gasteiger partial charge < -0.3 is 4.90 Å². The van der Waals surface area contributed by atoms with Crippen molar-refractivity contribution in [2.75, 3.05) is 18.5 Å². The molecule has 0 N–H and O–H groups in total. The van der Waals surface area contributed by atoms with E-state index in [-0.39, 0.29) is 23.9 Å². The molecule has 3 aromatic rings. The standard InChI is InChI=1S/C22H21BrN2O3S/c1-24(20-10-6-3-7-11-20)22(26)17-25(16-18-8-4-2-5-9-18)29(27,28)21-14-12-19(23)13-15-21/h2-15H,16-17H2,1H3. The average molecular weight is 473 g/mol. The SMILES string of the molecule is CN(C(=O)CN(Cc1ccccc1)S(=O)(=O)c1ccc(Br)cc1)c1ccccc1. The molecule has 150 valence electrons. The van der Waals surface area contributed by atoms with E-state index < -0.39 is 10.0 Å². The van der Waals surface area contributed by atoms with Gasteiger partial charge in [0.15, 0.2) is 0 Å². The molecule has 0 unspecified atom stereocenters. The number of nitrogens with zero attached hydrogens (tertiary/aromatic N) is 2. The van der Waals surface area contributed by atoms with Crippen LogP contribution in [0, 0.1) is 0 Å². The lowest BCUT2D eigenvalue weighted by molar-refractivity contribution is -0.118. The van der Waals surface area contributed by atoms with Crippen molar-refractivity contribution < 1.29 is 13.2 Å². The summed E-state index contributed by atoms with van der Waals surface area (Å²) in [6.07, 6.45) is 0. The molecule has 0 aromatic heterocycles. The number of rotatable bonds is 7. The summed E-state index contributed by atoms with van der Waals surface area (Å²) in [6.45, 7) is -0.160. The molecule has 0 bridgehead atoms. The molecule has 5 nitrogen and oxygen atoms in total. The highest BCUT2D eigenvalue weighted by Gasteiger charge is 2.28. The number of para-hydroxylation sites is 1. The van der Waals surface area contributed by atoms with Crippen LogP contribution in [-0.4, -0.2) is 32.2 Å². The predicted molar refractivity (Wildman–Crippen MR) is 118 cm³/mol. The van der Waals surface area contributed by atoms with Crippen LogP contribution in [0.25, 0.3) is 0 Å². The summed E-state index contributed by atoms with van der Waals surface area (Å²) in [7, 11) is -2.22. The van der Waals surface area contributed by atoms with Crippen molar-refractivity contribution in [2.24, 2.45) is 0 Å². The third-order valence-electron chi connectivity index (χ3n) is 4.48. The van der Waals surface area contributed by atoms with Crippen LogP contribution >= 0.6 is 15.9 Å². The fourth-order valence-electron chi connectivity index (χ4n) is 2.82. The lowest BCUT2D eigenvalue weighted by Gasteiger charge is -2.25. The number of likely N-dealkylation sites (N-methyl/N-ethyl adjacent to an activating group) is 1. The Balaban J connectivity index is 1.90. The van der Waals surface area contributed by atoms with Crippen LogP contribution in [-0.2, 0) is 21.4 Å². The smallest absolute Gasteiger partial charge is 0.243 e. The van der Waals surface area contributed by atoms with Gasteiger partial charge in [0.2, 0.25) is 15.9 Å². The van der Waals surface area contributed by atoms with Gasteiger partial charge in [-0.2, -0.15) is 4.31 Å². The molecule has 0 heterocycles. The minimum absolute atomic E-state index is 0.105. The summed E-state index contributed by atoms with van der Waals surface area (Å²) >= 11 is 3.32. The number of halogens is 1. The Hall–Kier alpha value is -2.48.